The Balaban J connectivity index is 0.000000980. The van der Waals surface area contributed by atoms with E-state index in [1.807, 2.05) is 13.8 Å². The Labute approximate surface area is 90.0 Å². The van der Waals surface area contributed by atoms with Crippen LogP contribution in [0.15, 0.2) is 0 Å². The summed E-state index contributed by atoms with van der Waals surface area (Å²) in [5.74, 6) is -2.63. The van der Waals surface area contributed by atoms with E-state index in [-0.39, 0.29) is 24.2 Å². The summed E-state index contributed by atoms with van der Waals surface area (Å²) in [6, 6.07) is 0. The third-order valence-electron chi connectivity index (χ3n) is 3.73. The number of piperidine rings is 1. The molecule has 1 spiro atoms. The van der Waals surface area contributed by atoms with Gasteiger partial charge in [0.05, 0.1) is 0 Å². The molecule has 1 saturated carbocycles. The zero-order valence-corrected chi connectivity index (χ0v) is 9.46. The maximum absolute atomic E-state index is 13.6. The van der Waals surface area contributed by atoms with Crippen LogP contribution in [0.4, 0.5) is 8.78 Å². The zero-order valence-electron chi connectivity index (χ0n) is 8.65. The number of hydrogen-bond acceptors (Lipinski definition) is 1. The van der Waals surface area contributed by atoms with Crippen LogP contribution >= 0.6 is 12.4 Å². The van der Waals surface area contributed by atoms with Gasteiger partial charge in [-0.15, -0.1) is 12.4 Å². The molecule has 0 aromatic carbocycles. The van der Waals surface area contributed by atoms with Crippen LogP contribution in [0.2, 0.25) is 0 Å². The molecule has 1 atom stereocenters. The molecule has 1 N–H and O–H groups in total. The molecule has 2 aliphatic rings. The van der Waals surface area contributed by atoms with Gasteiger partial charge in [0.15, 0.2) is 0 Å². The van der Waals surface area contributed by atoms with Gasteiger partial charge in [-0.2, -0.15) is 0 Å². The molecule has 1 nitrogen and oxygen atoms in total. The molecule has 4 heteroatoms. The van der Waals surface area contributed by atoms with Crippen LogP contribution in [0.1, 0.15) is 26.7 Å². The first-order valence-corrected chi connectivity index (χ1v) is 5.11. The highest BCUT2D eigenvalue weighted by molar-refractivity contribution is 5.85. The second kappa shape index (κ2) is 3.60. The van der Waals surface area contributed by atoms with Crippen molar-refractivity contribution in [2.45, 2.75) is 32.6 Å². The summed E-state index contributed by atoms with van der Waals surface area (Å²) in [5, 5.41) is 3.14. The summed E-state index contributed by atoms with van der Waals surface area (Å²) in [6.45, 7) is 5.35. The largest absolute Gasteiger partial charge is 0.317 e. The first-order valence-electron chi connectivity index (χ1n) is 5.11. The Morgan fingerprint density at radius 2 is 1.71 bits per heavy atom. The van der Waals surface area contributed by atoms with Crippen molar-refractivity contribution < 1.29 is 8.78 Å². The quantitative estimate of drug-likeness (QED) is 0.724. The van der Waals surface area contributed by atoms with Gasteiger partial charge in [-0.1, -0.05) is 13.8 Å². The molecule has 0 amide bonds. The number of halogens is 3. The van der Waals surface area contributed by atoms with Crippen LogP contribution in [0.25, 0.3) is 0 Å². The Bertz CT molecular complexity index is 212. The van der Waals surface area contributed by atoms with Gasteiger partial charge >= 0.3 is 0 Å². The number of hydrogen-bond donors (Lipinski definition) is 1. The molecule has 0 radical (unpaired) electrons. The Kier molecular flexibility index (Phi) is 3.13. The van der Waals surface area contributed by atoms with Crippen LogP contribution in [-0.4, -0.2) is 19.0 Å². The summed E-state index contributed by atoms with van der Waals surface area (Å²) in [6.07, 6.45) is 1.31. The highest BCUT2D eigenvalue weighted by Crippen LogP contribution is 2.72. The molecular formula is C10H18ClF2N. The number of alkyl halides is 2. The van der Waals surface area contributed by atoms with Crippen molar-refractivity contribution in [3.8, 4) is 0 Å². The molecule has 1 saturated heterocycles. The Hall–Kier alpha value is 0.110. The van der Waals surface area contributed by atoms with Crippen molar-refractivity contribution in [3.05, 3.63) is 0 Å². The van der Waals surface area contributed by atoms with Crippen molar-refractivity contribution in [1.82, 2.24) is 5.32 Å². The molecule has 0 aromatic rings. The molecule has 2 rings (SSSR count). The van der Waals surface area contributed by atoms with Gasteiger partial charge in [0.1, 0.15) is 0 Å². The van der Waals surface area contributed by atoms with Crippen molar-refractivity contribution in [2.75, 3.05) is 13.1 Å². The second-order valence-electron chi connectivity index (χ2n) is 4.75. The van der Waals surface area contributed by atoms with Gasteiger partial charge in [-0.05, 0) is 31.8 Å². The van der Waals surface area contributed by atoms with E-state index in [9.17, 15) is 8.78 Å². The standard InChI is InChI=1S/C10H17F2N.ClH/c1-7(2)8-9(10(8,11)12)3-5-13-6-4-9;/h7-8,13H,3-6H2,1-2H3;1H. The minimum absolute atomic E-state index is 0. The fourth-order valence-electron chi connectivity index (χ4n) is 3.11. The Morgan fingerprint density at radius 1 is 1.21 bits per heavy atom. The molecule has 84 valence electrons. The lowest BCUT2D eigenvalue weighted by atomic mass is 9.88. The fraction of sp³-hybridized carbons (Fsp3) is 1.00. The van der Waals surface area contributed by atoms with Gasteiger partial charge in [0.25, 0.3) is 5.92 Å². The van der Waals surface area contributed by atoms with Crippen LogP contribution < -0.4 is 5.32 Å². The van der Waals surface area contributed by atoms with Crippen molar-refractivity contribution >= 4 is 12.4 Å². The topological polar surface area (TPSA) is 12.0 Å². The summed E-state index contributed by atoms with van der Waals surface area (Å²) in [4.78, 5) is 0. The van der Waals surface area contributed by atoms with Gasteiger partial charge in [0.2, 0.25) is 0 Å². The maximum atomic E-state index is 13.6. The van der Waals surface area contributed by atoms with E-state index in [0.717, 1.165) is 13.1 Å². The van der Waals surface area contributed by atoms with Crippen molar-refractivity contribution in [3.63, 3.8) is 0 Å². The summed E-state index contributed by atoms with van der Waals surface area (Å²) < 4.78 is 27.1. The van der Waals surface area contributed by atoms with Crippen LogP contribution in [0.3, 0.4) is 0 Å². The molecule has 1 unspecified atom stereocenters. The molecule has 1 aliphatic carbocycles. The average Bonchev–Trinajstić information content (AvgIpc) is 2.48. The predicted molar refractivity (Wildman–Crippen MR) is 55.1 cm³/mol. The Morgan fingerprint density at radius 3 is 2.07 bits per heavy atom. The molecule has 1 heterocycles. The molecule has 1 aliphatic heterocycles. The number of nitrogens with one attached hydrogen (secondary N) is 1. The third kappa shape index (κ3) is 1.36. The highest BCUT2D eigenvalue weighted by atomic mass is 35.5. The first-order chi connectivity index (χ1) is 6.02. The van der Waals surface area contributed by atoms with Gasteiger partial charge in [0, 0.05) is 11.3 Å². The molecule has 0 bridgehead atoms. The SMILES string of the molecule is CC(C)C1C(F)(F)C12CCNCC2.Cl. The third-order valence-corrected chi connectivity index (χ3v) is 3.73. The van der Waals surface area contributed by atoms with E-state index in [0.29, 0.717) is 12.8 Å². The normalized spacial score (nSPS) is 32.8. The second-order valence-corrected chi connectivity index (χ2v) is 4.75. The molecule has 0 aromatic heterocycles. The van der Waals surface area contributed by atoms with E-state index >= 15 is 0 Å². The summed E-state index contributed by atoms with van der Waals surface area (Å²) in [5.41, 5.74) is -0.633. The van der Waals surface area contributed by atoms with E-state index in [4.69, 9.17) is 0 Å². The lowest BCUT2D eigenvalue weighted by molar-refractivity contribution is 0.0438. The van der Waals surface area contributed by atoms with Crippen molar-refractivity contribution in [2.24, 2.45) is 17.3 Å². The van der Waals surface area contributed by atoms with E-state index in [1.54, 1.807) is 0 Å². The highest BCUT2D eigenvalue weighted by Gasteiger charge is 2.79. The lowest BCUT2D eigenvalue weighted by Crippen LogP contribution is -2.32. The van der Waals surface area contributed by atoms with Crippen LogP contribution in [-0.2, 0) is 0 Å². The van der Waals surface area contributed by atoms with Crippen LogP contribution in [0.5, 0.6) is 0 Å². The fourth-order valence-corrected chi connectivity index (χ4v) is 3.11. The minimum Gasteiger partial charge on any atom is -0.317 e. The monoisotopic (exact) mass is 225 g/mol. The van der Waals surface area contributed by atoms with Gasteiger partial charge in [-0.3, -0.25) is 0 Å². The smallest absolute Gasteiger partial charge is 0.258 e. The zero-order chi connectivity index (χ0) is 9.69. The maximum Gasteiger partial charge on any atom is 0.258 e. The first kappa shape index (κ1) is 12.2. The lowest BCUT2D eigenvalue weighted by Gasteiger charge is -2.23. The van der Waals surface area contributed by atoms with Crippen LogP contribution in [0, 0.1) is 17.3 Å². The van der Waals surface area contributed by atoms with Gasteiger partial charge < -0.3 is 5.32 Å². The van der Waals surface area contributed by atoms with E-state index in [2.05, 4.69) is 5.32 Å². The van der Waals surface area contributed by atoms with E-state index < -0.39 is 11.3 Å². The average molecular weight is 226 g/mol. The minimum atomic E-state index is -2.39. The summed E-state index contributed by atoms with van der Waals surface area (Å²) in [7, 11) is 0. The molecular weight excluding hydrogens is 208 g/mol. The number of rotatable bonds is 1. The van der Waals surface area contributed by atoms with Gasteiger partial charge in [-0.25, -0.2) is 8.78 Å². The summed E-state index contributed by atoms with van der Waals surface area (Å²) >= 11 is 0. The molecule has 14 heavy (non-hydrogen) atoms. The van der Waals surface area contributed by atoms with Crippen molar-refractivity contribution in [1.29, 1.82) is 0 Å². The van der Waals surface area contributed by atoms with E-state index in [1.165, 1.54) is 0 Å². The predicted octanol–water partition coefficient (Wildman–Crippen LogP) is 2.70. The molecule has 2 fully saturated rings.